The molecule has 3 rings (SSSR count). The number of pyridine rings is 1. The third-order valence-corrected chi connectivity index (χ3v) is 4.55. The molecule has 2 aliphatic rings. The molecule has 1 saturated heterocycles. The second kappa shape index (κ2) is 6.73. The van der Waals surface area contributed by atoms with E-state index < -0.39 is 6.29 Å². The van der Waals surface area contributed by atoms with Gasteiger partial charge >= 0.3 is 0 Å². The van der Waals surface area contributed by atoms with Crippen molar-refractivity contribution in [3.05, 3.63) is 23.4 Å². The van der Waals surface area contributed by atoms with Crippen LogP contribution >= 0.6 is 0 Å². The molecule has 1 fully saturated rings. The summed E-state index contributed by atoms with van der Waals surface area (Å²) in [6.07, 6.45) is 4.15. The largest absolute Gasteiger partial charge is 0.381 e. The Hall–Kier alpha value is -1.17. The number of anilines is 1. The molecule has 0 spiro atoms. The van der Waals surface area contributed by atoms with Crippen LogP contribution in [0.4, 0.5) is 5.82 Å². The summed E-state index contributed by atoms with van der Waals surface area (Å²) >= 11 is 0. The Balaban J connectivity index is 1.75. The molecule has 0 saturated carbocycles. The minimum absolute atomic E-state index is 0.402. The Labute approximate surface area is 126 Å². The van der Waals surface area contributed by atoms with Crippen molar-refractivity contribution in [1.82, 2.24) is 4.98 Å². The van der Waals surface area contributed by atoms with E-state index in [1.165, 1.54) is 12.0 Å². The van der Waals surface area contributed by atoms with E-state index in [2.05, 4.69) is 11.4 Å². The van der Waals surface area contributed by atoms with E-state index in [1.54, 1.807) is 14.2 Å². The molecule has 1 aromatic heterocycles. The van der Waals surface area contributed by atoms with Gasteiger partial charge in [-0.2, -0.15) is 0 Å². The van der Waals surface area contributed by atoms with Gasteiger partial charge < -0.3 is 19.5 Å². The second-order valence-corrected chi connectivity index (χ2v) is 5.79. The summed E-state index contributed by atoms with van der Waals surface area (Å²) in [5, 5.41) is 3.63. The molecule has 3 heterocycles. The van der Waals surface area contributed by atoms with E-state index in [1.807, 2.05) is 6.07 Å². The molecular weight excluding hydrogens is 268 g/mol. The molecule has 0 aliphatic carbocycles. The van der Waals surface area contributed by atoms with Crippen molar-refractivity contribution in [1.29, 1.82) is 0 Å². The first kappa shape index (κ1) is 14.8. The average molecular weight is 292 g/mol. The Morgan fingerprint density at radius 1 is 1.19 bits per heavy atom. The molecule has 116 valence electrons. The summed E-state index contributed by atoms with van der Waals surface area (Å²) in [5.41, 5.74) is 2.10. The number of aryl methyl sites for hydroxylation is 1. The molecule has 1 unspecified atom stereocenters. The second-order valence-electron chi connectivity index (χ2n) is 5.79. The van der Waals surface area contributed by atoms with Crippen LogP contribution in [0.3, 0.4) is 0 Å². The fourth-order valence-corrected chi connectivity index (χ4v) is 3.33. The Bertz CT molecular complexity index is 471. The van der Waals surface area contributed by atoms with Crippen LogP contribution in [-0.4, -0.2) is 38.5 Å². The number of ether oxygens (including phenoxy) is 3. The van der Waals surface area contributed by atoms with Crippen LogP contribution in [0.2, 0.25) is 0 Å². The van der Waals surface area contributed by atoms with Crippen molar-refractivity contribution in [3.63, 3.8) is 0 Å². The zero-order chi connectivity index (χ0) is 14.7. The molecular formula is C16H24N2O3. The zero-order valence-electron chi connectivity index (χ0n) is 12.8. The smallest absolute Gasteiger partial charge is 0.200 e. The number of hydrogen-bond acceptors (Lipinski definition) is 5. The summed E-state index contributed by atoms with van der Waals surface area (Å²) in [5.74, 6) is 1.69. The monoisotopic (exact) mass is 292 g/mol. The van der Waals surface area contributed by atoms with Crippen LogP contribution in [-0.2, 0) is 20.6 Å². The summed E-state index contributed by atoms with van der Waals surface area (Å²) < 4.78 is 16.0. The van der Waals surface area contributed by atoms with Gasteiger partial charge in [-0.1, -0.05) is 6.07 Å². The molecule has 5 heteroatoms. The summed E-state index contributed by atoms with van der Waals surface area (Å²) in [6, 6.07) is 4.63. The highest BCUT2D eigenvalue weighted by atomic mass is 16.7. The Morgan fingerprint density at radius 3 is 2.67 bits per heavy atom. The van der Waals surface area contributed by atoms with Crippen LogP contribution in [0.1, 0.15) is 36.8 Å². The highest BCUT2D eigenvalue weighted by molar-refractivity contribution is 5.48. The Morgan fingerprint density at radius 2 is 1.95 bits per heavy atom. The molecule has 0 bridgehead atoms. The van der Waals surface area contributed by atoms with Gasteiger partial charge in [0.15, 0.2) is 0 Å². The molecule has 0 aromatic carbocycles. The number of fused-ring (bicyclic) bond motifs is 1. The van der Waals surface area contributed by atoms with Gasteiger partial charge in [-0.3, -0.25) is 0 Å². The van der Waals surface area contributed by atoms with Gasteiger partial charge in [0.1, 0.15) is 5.82 Å². The molecule has 2 aliphatic heterocycles. The third kappa shape index (κ3) is 3.20. The van der Waals surface area contributed by atoms with Crippen molar-refractivity contribution in [3.8, 4) is 0 Å². The average Bonchev–Trinajstić information content (AvgIpc) is 2.56. The van der Waals surface area contributed by atoms with Gasteiger partial charge in [0.05, 0.1) is 5.69 Å². The van der Waals surface area contributed by atoms with E-state index in [0.717, 1.165) is 44.0 Å². The van der Waals surface area contributed by atoms with Crippen molar-refractivity contribution in [2.45, 2.75) is 38.0 Å². The maximum Gasteiger partial charge on any atom is 0.200 e. The zero-order valence-corrected chi connectivity index (χ0v) is 12.8. The molecule has 21 heavy (non-hydrogen) atoms. The highest BCUT2D eigenvalue weighted by Gasteiger charge is 2.28. The van der Waals surface area contributed by atoms with Gasteiger partial charge in [0.2, 0.25) is 6.29 Å². The predicted molar refractivity (Wildman–Crippen MR) is 80.3 cm³/mol. The molecule has 1 N–H and O–H groups in total. The van der Waals surface area contributed by atoms with Crippen LogP contribution in [0.15, 0.2) is 12.1 Å². The lowest BCUT2D eigenvalue weighted by atomic mass is 9.86. The van der Waals surface area contributed by atoms with Crippen molar-refractivity contribution < 1.29 is 14.2 Å². The third-order valence-electron chi connectivity index (χ3n) is 4.55. The topological polar surface area (TPSA) is 52.6 Å². The van der Waals surface area contributed by atoms with E-state index in [0.29, 0.717) is 12.0 Å². The summed E-state index contributed by atoms with van der Waals surface area (Å²) in [4.78, 5) is 4.71. The molecule has 0 amide bonds. The van der Waals surface area contributed by atoms with Gasteiger partial charge in [0.25, 0.3) is 0 Å². The van der Waals surface area contributed by atoms with Crippen LogP contribution < -0.4 is 5.32 Å². The summed E-state index contributed by atoms with van der Waals surface area (Å²) in [7, 11) is 3.26. The molecule has 0 radical (unpaired) electrons. The normalized spacial score (nSPS) is 22.9. The van der Waals surface area contributed by atoms with Gasteiger partial charge in [-0.15, -0.1) is 0 Å². The lowest BCUT2D eigenvalue weighted by molar-refractivity contribution is -0.108. The van der Waals surface area contributed by atoms with E-state index in [4.69, 9.17) is 19.2 Å². The molecule has 1 aromatic rings. The number of rotatable bonds is 4. The van der Waals surface area contributed by atoms with Gasteiger partial charge in [0, 0.05) is 33.5 Å². The lowest BCUT2D eigenvalue weighted by Crippen LogP contribution is -2.36. The minimum atomic E-state index is -0.402. The van der Waals surface area contributed by atoms with Crippen molar-refractivity contribution in [2.75, 3.05) is 32.8 Å². The summed E-state index contributed by atoms with van der Waals surface area (Å²) in [6.45, 7) is 1.77. The predicted octanol–water partition coefficient (Wildman–Crippen LogP) is 2.53. The molecule has 5 nitrogen and oxygen atoms in total. The number of nitrogens with one attached hydrogen (secondary N) is 1. The van der Waals surface area contributed by atoms with Gasteiger partial charge in [-0.05, 0) is 43.2 Å². The van der Waals surface area contributed by atoms with E-state index >= 15 is 0 Å². The first-order chi connectivity index (χ1) is 10.3. The number of hydrogen-bond donors (Lipinski definition) is 1. The van der Waals surface area contributed by atoms with Crippen LogP contribution in [0, 0.1) is 5.92 Å². The minimum Gasteiger partial charge on any atom is -0.381 e. The molecule has 1 atom stereocenters. The number of aromatic nitrogens is 1. The SMILES string of the molecule is COC(OC)c1ccc2c(n1)NC(C1CCOCC1)CC2. The van der Waals surface area contributed by atoms with Crippen molar-refractivity contribution in [2.24, 2.45) is 5.92 Å². The van der Waals surface area contributed by atoms with Crippen molar-refractivity contribution >= 4 is 5.82 Å². The lowest BCUT2D eigenvalue weighted by Gasteiger charge is -2.35. The van der Waals surface area contributed by atoms with Crippen LogP contribution in [0.5, 0.6) is 0 Å². The van der Waals surface area contributed by atoms with E-state index in [9.17, 15) is 0 Å². The van der Waals surface area contributed by atoms with Gasteiger partial charge in [-0.25, -0.2) is 4.98 Å². The fourth-order valence-electron chi connectivity index (χ4n) is 3.33. The fraction of sp³-hybridized carbons (Fsp3) is 0.688. The first-order valence-corrected chi connectivity index (χ1v) is 7.71. The Kier molecular flexibility index (Phi) is 4.73. The quantitative estimate of drug-likeness (QED) is 0.864. The standard InChI is InChI=1S/C16H24N2O3/c1-19-16(20-2)14-6-4-12-3-5-13(17-15(12)18-14)11-7-9-21-10-8-11/h4,6,11,13,16H,3,5,7-10H2,1-2H3,(H,17,18). The van der Waals surface area contributed by atoms with Crippen LogP contribution in [0.25, 0.3) is 0 Å². The van der Waals surface area contributed by atoms with E-state index in [-0.39, 0.29) is 0 Å². The number of methoxy groups -OCH3 is 2. The maximum absolute atomic E-state index is 5.46. The maximum atomic E-state index is 5.46. The number of nitrogens with zero attached hydrogens (tertiary/aromatic N) is 1. The first-order valence-electron chi connectivity index (χ1n) is 7.71. The highest BCUT2D eigenvalue weighted by Crippen LogP contribution is 2.31.